The molecule has 3 aromatic carbocycles. The van der Waals surface area contributed by atoms with E-state index < -0.39 is 6.10 Å². The monoisotopic (exact) mass is 233 g/mol. The average molecular weight is 233 g/mol. The fraction of sp³-hybridized carbons (Fsp3) is 0.0588. The Morgan fingerprint density at radius 3 is 2.17 bits per heavy atom. The predicted molar refractivity (Wildman–Crippen MR) is 72.9 cm³/mol. The van der Waals surface area contributed by atoms with E-state index in [1.54, 1.807) is 0 Å². The van der Waals surface area contributed by atoms with Crippen LogP contribution in [-0.4, -0.2) is 0 Å². The van der Waals surface area contributed by atoms with E-state index in [1.807, 2.05) is 72.8 Å². The Labute approximate surface area is 106 Å². The Morgan fingerprint density at radius 1 is 0.667 bits per heavy atom. The molecular formula is C17H13O. The quantitative estimate of drug-likeness (QED) is 0.626. The topological polar surface area (TPSA) is 19.9 Å². The third kappa shape index (κ3) is 1.89. The highest BCUT2D eigenvalue weighted by atomic mass is 16.3. The molecule has 0 aliphatic rings. The minimum absolute atomic E-state index is 0.814. The van der Waals surface area contributed by atoms with Gasteiger partial charge in [0.15, 0.2) is 0 Å². The molecule has 0 amide bonds. The van der Waals surface area contributed by atoms with Gasteiger partial charge >= 0.3 is 0 Å². The summed E-state index contributed by atoms with van der Waals surface area (Å²) < 4.78 is 0. The third-order valence-corrected chi connectivity index (χ3v) is 3.21. The number of rotatable bonds is 2. The number of hydrogen-bond acceptors (Lipinski definition) is 0. The molecule has 0 fully saturated rings. The first-order valence-electron chi connectivity index (χ1n) is 6.05. The van der Waals surface area contributed by atoms with Crippen LogP contribution in [0, 0.1) is 0 Å². The van der Waals surface area contributed by atoms with E-state index >= 15 is 0 Å². The maximum atomic E-state index is 12.5. The molecule has 0 aliphatic carbocycles. The van der Waals surface area contributed by atoms with E-state index in [0.717, 1.165) is 21.9 Å². The molecule has 0 N–H and O–H groups in total. The van der Waals surface area contributed by atoms with Crippen molar-refractivity contribution in [3.8, 4) is 0 Å². The maximum Gasteiger partial charge on any atom is 0.144 e. The zero-order valence-electron chi connectivity index (χ0n) is 9.91. The third-order valence-electron chi connectivity index (χ3n) is 3.21. The first-order chi connectivity index (χ1) is 8.86. The first-order valence-corrected chi connectivity index (χ1v) is 6.05. The van der Waals surface area contributed by atoms with Gasteiger partial charge in [-0.15, -0.1) is 0 Å². The number of fused-ring (bicyclic) bond motifs is 1. The molecule has 0 bridgehead atoms. The van der Waals surface area contributed by atoms with Crippen LogP contribution in [-0.2, 0) is 5.11 Å². The summed E-state index contributed by atoms with van der Waals surface area (Å²) in [6.45, 7) is 0. The van der Waals surface area contributed by atoms with E-state index in [4.69, 9.17) is 0 Å². The Morgan fingerprint density at radius 2 is 1.33 bits per heavy atom. The van der Waals surface area contributed by atoms with E-state index in [2.05, 4.69) is 0 Å². The largest absolute Gasteiger partial charge is 0.223 e. The number of hydrogen-bond donors (Lipinski definition) is 0. The van der Waals surface area contributed by atoms with Gasteiger partial charge in [-0.25, -0.2) is 5.11 Å². The van der Waals surface area contributed by atoms with Gasteiger partial charge in [0.2, 0.25) is 0 Å². The Kier molecular flexibility index (Phi) is 2.83. The lowest BCUT2D eigenvalue weighted by atomic mass is 9.96. The summed E-state index contributed by atoms with van der Waals surface area (Å²) in [5, 5.41) is 14.7. The Hall–Kier alpha value is -2.12. The van der Waals surface area contributed by atoms with E-state index in [9.17, 15) is 5.11 Å². The molecule has 87 valence electrons. The van der Waals surface area contributed by atoms with Crippen LogP contribution in [0.4, 0.5) is 0 Å². The molecule has 0 aliphatic heterocycles. The van der Waals surface area contributed by atoms with Crippen LogP contribution in [0.2, 0.25) is 0 Å². The fourth-order valence-corrected chi connectivity index (χ4v) is 2.29. The molecule has 0 aromatic heterocycles. The highest BCUT2D eigenvalue weighted by Gasteiger charge is 2.14. The van der Waals surface area contributed by atoms with Crippen molar-refractivity contribution in [3.63, 3.8) is 0 Å². The molecule has 0 spiro atoms. The molecule has 0 saturated heterocycles. The zero-order chi connectivity index (χ0) is 12.4. The van der Waals surface area contributed by atoms with Crippen molar-refractivity contribution in [2.45, 2.75) is 6.10 Å². The van der Waals surface area contributed by atoms with Crippen molar-refractivity contribution in [1.82, 2.24) is 0 Å². The summed E-state index contributed by atoms with van der Waals surface area (Å²) in [5.41, 5.74) is 1.66. The highest BCUT2D eigenvalue weighted by molar-refractivity contribution is 5.86. The lowest BCUT2D eigenvalue weighted by molar-refractivity contribution is 0.126. The van der Waals surface area contributed by atoms with Crippen LogP contribution in [0.15, 0.2) is 72.8 Å². The smallest absolute Gasteiger partial charge is 0.144 e. The minimum Gasteiger partial charge on any atom is -0.223 e. The highest BCUT2D eigenvalue weighted by Crippen LogP contribution is 2.28. The Balaban J connectivity index is 2.15. The summed E-state index contributed by atoms with van der Waals surface area (Å²) in [6.07, 6.45) is -0.822. The molecule has 0 heterocycles. The normalized spacial score (nSPS) is 12.5. The van der Waals surface area contributed by atoms with Crippen molar-refractivity contribution in [3.05, 3.63) is 83.9 Å². The van der Waals surface area contributed by atoms with Crippen LogP contribution < -0.4 is 0 Å². The standard InChI is InChI=1S/C17H13O/c18-17(14-8-2-1-3-9-14)16-12-6-10-13-7-4-5-11-15(13)16/h1-12,17H. The van der Waals surface area contributed by atoms with Crippen molar-refractivity contribution in [2.75, 3.05) is 0 Å². The SMILES string of the molecule is [O]C(c1ccccc1)c1cccc2ccccc12. The molecular weight excluding hydrogens is 220 g/mol. The summed E-state index contributed by atoms with van der Waals surface area (Å²) >= 11 is 0. The van der Waals surface area contributed by atoms with Crippen molar-refractivity contribution in [1.29, 1.82) is 0 Å². The van der Waals surface area contributed by atoms with Gasteiger partial charge in [0.1, 0.15) is 6.10 Å². The van der Waals surface area contributed by atoms with Gasteiger partial charge in [0.25, 0.3) is 0 Å². The molecule has 18 heavy (non-hydrogen) atoms. The summed E-state index contributed by atoms with van der Waals surface area (Å²) in [4.78, 5) is 0. The van der Waals surface area contributed by atoms with E-state index in [-0.39, 0.29) is 0 Å². The van der Waals surface area contributed by atoms with Crippen LogP contribution in [0.1, 0.15) is 17.2 Å². The van der Waals surface area contributed by atoms with Gasteiger partial charge in [-0.05, 0) is 21.9 Å². The maximum absolute atomic E-state index is 12.5. The van der Waals surface area contributed by atoms with Crippen LogP contribution in [0.5, 0.6) is 0 Å². The molecule has 3 aromatic rings. The first kappa shape index (κ1) is 11.0. The summed E-state index contributed by atoms with van der Waals surface area (Å²) in [6, 6.07) is 23.5. The lowest BCUT2D eigenvalue weighted by Gasteiger charge is -2.12. The second kappa shape index (κ2) is 4.63. The molecule has 1 radical (unpaired) electrons. The second-order valence-corrected chi connectivity index (χ2v) is 4.36. The van der Waals surface area contributed by atoms with Crippen LogP contribution >= 0.6 is 0 Å². The summed E-state index contributed by atoms with van der Waals surface area (Å²) in [5.74, 6) is 0. The van der Waals surface area contributed by atoms with Gasteiger partial charge in [-0.3, -0.25) is 0 Å². The van der Waals surface area contributed by atoms with Gasteiger partial charge in [-0.2, -0.15) is 0 Å². The van der Waals surface area contributed by atoms with Crippen LogP contribution in [0.25, 0.3) is 10.8 Å². The van der Waals surface area contributed by atoms with E-state index in [1.165, 1.54) is 0 Å². The van der Waals surface area contributed by atoms with Crippen molar-refractivity contribution >= 4 is 10.8 Å². The molecule has 0 saturated carbocycles. The van der Waals surface area contributed by atoms with Gasteiger partial charge in [0, 0.05) is 0 Å². The molecule has 3 rings (SSSR count). The van der Waals surface area contributed by atoms with Crippen LogP contribution in [0.3, 0.4) is 0 Å². The zero-order valence-corrected chi connectivity index (χ0v) is 9.91. The predicted octanol–water partition coefficient (Wildman–Crippen LogP) is 4.36. The lowest BCUT2D eigenvalue weighted by Crippen LogP contribution is -1.98. The second-order valence-electron chi connectivity index (χ2n) is 4.36. The molecule has 1 atom stereocenters. The van der Waals surface area contributed by atoms with Gasteiger partial charge < -0.3 is 0 Å². The van der Waals surface area contributed by atoms with Crippen molar-refractivity contribution in [2.24, 2.45) is 0 Å². The van der Waals surface area contributed by atoms with Crippen molar-refractivity contribution < 1.29 is 5.11 Å². The molecule has 1 unspecified atom stereocenters. The number of benzene rings is 3. The van der Waals surface area contributed by atoms with Gasteiger partial charge in [-0.1, -0.05) is 72.8 Å². The molecule has 1 nitrogen and oxygen atoms in total. The van der Waals surface area contributed by atoms with Gasteiger partial charge in [0.05, 0.1) is 0 Å². The minimum atomic E-state index is -0.822. The average Bonchev–Trinajstić information content (AvgIpc) is 2.47. The summed E-state index contributed by atoms with van der Waals surface area (Å²) in [7, 11) is 0. The fourth-order valence-electron chi connectivity index (χ4n) is 2.29. The van der Waals surface area contributed by atoms with E-state index in [0.29, 0.717) is 0 Å². The molecule has 1 heteroatoms. The Bertz CT molecular complexity index is 653.